The molecule has 0 heterocycles. The van der Waals surface area contributed by atoms with Crippen LogP contribution in [0.5, 0.6) is 0 Å². The van der Waals surface area contributed by atoms with Gasteiger partial charge in [-0.05, 0) is 20.3 Å². The van der Waals surface area contributed by atoms with Crippen molar-refractivity contribution in [3.63, 3.8) is 0 Å². The maximum atomic E-state index is 11.6. The van der Waals surface area contributed by atoms with E-state index in [0.717, 1.165) is 0 Å². The standard InChI is InChI=1S/C8H20N2O2S/c1-4-7-13(11,12)10(6-5-9)8(2)3/h8H,4-7,9H2,1-3H3. The average molecular weight is 208 g/mol. The first-order valence-electron chi connectivity index (χ1n) is 4.65. The van der Waals surface area contributed by atoms with E-state index in [-0.39, 0.29) is 11.8 Å². The Morgan fingerprint density at radius 1 is 1.38 bits per heavy atom. The normalized spacial score (nSPS) is 12.8. The summed E-state index contributed by atoms with van der Waals surface area (Å²) < 4.78 is 24.7. The molecule has 0 radical (unpaired) electrons. The Labute approximate surface area is 81.2 Å². The van der Waals surface area contributed by atoms with E-state index in [9.17, 15) is 8.42 Å². The van der Waals surface area contributed by atoms with Crippen molar-refractivity contribution in [3.8, 4) is 0 Å². The lowest BCUT2D eigenvalue weighted by Crippen LogP contribution is -2.41. The Balaban J connectivity index is 4.53. The number of hydrogen-bond donors (Lipinski definition) is 1. The van der Waals surface area contributed by atoms with Crippen LogP contribution in [0.25, 0.3) is 0 Å². The molecule has 0 aliphatic heterocycles. The first kappa shape index (κ1) is 12.9. The lowest BCUT2D eigenvalue weighted by Gasteiger charge is -2.24. The van der Waals surface area contributed by atoms with E-state index in [2.05, 4.69) is 0 Å². The van der Waals surface area contributed by atoms with E-state index in [1.165, 1.54) is 4.31 Å². The predicted octanol–water partition coefficient (Wildman–Crippen LogP) is 0.395. The van der Waals surface area contributed by atoms with Gasteiger partial charge in [0.05, 0.1) is 5.75 Å². The van der Waals surface area contributed by atoms with Crippen molar-refractivity contribution in [1.82, 2.24) is 4.31 Å². The number of rotatable bonds is 6. The minimum atomic E-state index is -3.08. The van der Waals surface area contributed by atoms with E-state index in [4.69, 9.17) is 5.73 Å². The Kier molecular flexibility index (Phi) is 5.51. The Morgan fingerprint density at radius 3 is 2.23 bits per heavy atom. The summed E-state index contributed by atoms with van der Waals surface area (Å²) in [7, 11) is -3.08. The van der Waals surface area contributed by atoms with Crippen LogP contribution in [-0.4, -0.2) is 37.6 Å². The SMILES string of the molecule is CCCS(=O)(=O)N(CCN)C(C)C. The fourth-order valence-corrected chi connectivity index (χ4v) is 3.00. The Morgan fingerprint density at radius 2 is 1.92 bits per heavy atom. The molecule has 0 aliphatic carbocycles. The summed E-state index contributed by atoms with van der Waals surface area (Å²) in [5.74, 6) is 0.213. The smallest absolute Gasteiger partial charge is 0.214 e. The summed E-state index contributed by atoms with van der Waals surface area (Å²) in [6.07, 6.45) is 0.649. The maximum Gasteiger partial charge on any atom is 0.214 e. The van der Waals surface area contributed by atoms with Gasteiger partial charge in [0.15, 0.2) is 0 Å². The number of nitrogens with two attached hydrogens (primary N) is 1. The fraction of sp³-hybridized carbons (Fsp3) is 1.00. The molecule has 0 fully saturated rings. The van der Waals surface area contributed by atoms with Gasteiger partial charge < -0.3 is 5.73 Å². The van der Waals surface area contributed by atoms with Gasteiger partial charge in [0.1, 0.15) is 0 Å². The van der Waals surface area contributed by atoms with Gasteiger partial charge in [-0.1, -0.05) is 6.92 Å². The summed E-state index contributed by atoms with van der Waals surface area (Å²) in [6.45, 7) is 6.38. The van der Waals surface area contributed by atoms with Crippen molar-refractivity contribution in [2.45, 2.75) is 33.2 Å². The molecule has 0 aliphatic rings. The highest BCUT2D eigenvalue weighted by Crippen LogP contribution is 2.07. The molecule has 0 spiro atoms. The van der Waals surface area contributed by atoms with Gasteiger partial charge in [-0.3, -0.25) is 0 Å². The zero-order chi connectivity index (χ0) is 10.5. The van der Waals surface area contributed by atoms with Gasteiger partial charge in [-0.15, -0.1) is 0 Å². The zero-order valence-corrected chi connectivity index (χ0v) is 9.47. The average Bonchev–Trinajstić information content (AvgIpc) is 1.99. The van der Waals surface area contributed by atoms with Gasteiger partial charge in [0, 0.05) is 19.1 Å². The quantitative estimate of drug-likeness (QED) is 0.687. The molecule has 0 saturated carbocycles. The number of sulfonamides is 1. The zero-order valence-electron chi connectivity index (χ0n) is 8.66. The summed E-state index contributed by atoms with van der Waals surface area (Å²) in [4.78, 5) is 0. The van der Waals surface area contributed by atoms with Crippen molar-refractivity contribution < 1.29 is 8.42 Å². The Hall–Kier alpha value is -0.130. The van der Waals surface area contributed by atoms with E-state index < -0.39 is 10.0 Å². The van der Waals surface area contributed by atoms with Crippen LogP contribution in [0.4, 0.5) is 0 Å². The molecule has 5 heteroatoms. The number of nitrogens with zero attached hydrogens (tertiary/aromatic N) is 1. The second kappa shape index (κ2) is 5.57. The van der Waals surface area contributed by atoms with Crippen molar-refractivity contribution >= 4 is 10.0 Å². The van der Waals surface area contributed by atoms with Gasteiger partial charge in [-0.2, -0.15) is 4.31 Å². The van der Waals surface area contributed by atoms with E-state index in [1.807, 2.05) is 20.8 Å². The third kappa shape index (κ3) is 4.06. The topological polar surface area (TPSA) is 63.4 Å². The van der Waals surface area contributed by atoms with Crippen LogP contribution in [0.1, 0.15) is 27.2 Å². The summed E-state index contributed by atoms with van der Waals surface area (Å²) in [5.41, 5.74) is 5.35. The second-order valence-electron chi connectivity index (χ2n) is 3.31. The molecule has 0 aromatic carbocycles. The fourth-order valence-electron chi connectivity index (χ4n) is 1.22. The highest BCUT2D eigenvalue weighted by Gasteiger charge is 2.22. The van der Waals surface area contributed by atoms with Crippen LogP contribution in [0, 0.1) is 0 Å². The lowest BCUT2D eigenvalue weighted by molar-refractivity contribution is 0.361. The van der Waals surface area contributed by atoms with E-state index in [1.54, 1.807) is 0 Å². The molecule has 80 valence electrons. The summed E-state index contributed by atoms with van der Waals surface area (Å²) in [6, 6.07) is 0.0000926. The maximum absolute atomic E-state index is 11.6. The molecule has 0 atom stereocenters. The van der Waals surface area contributed by atoms with Crippen LogP contribution in [-0.2, 0) is 10.0 Å². The van der Waals surface area contributed by atoms with E-state index in [0.29, 0.717) is 19.5 Å². The van der Waals surface area contributed by atoms with Crippen LogP contribution in [0.15, 0.2) is 0 Å². The first-order chi connectivity index (χ1) is 5.95. The molecule has 0 saturated heterocycles. The van der Waals surface area contributed by atoms with Crippen LogP contribution in [0.2, 0.25) is 0 Å². The molecule has 0 bridgehead atoms. The highest BCUT2D eigenvalue weighted by atomic mass is 32.2. The molecular formula is C8H20N2O2S. The lowest BCUT2D eigenvalue weighted by atomic mass is 10.4. The molecule has 0 rings (SSSR count). The van der Waals surface area contributed by atoms with Crippen molar-refractivity contribution in [3.05, 3.63) is 0 Å². The molecular weight excluding hydrogens is 188 g/mol. The second-order valence-corrected chi connectivity index (χ2v) is 5.35. The van der Waals surface area contributed by atoms with Crippen molar-refractivity contribution in [2.75, 3.05) is 18.8 Å². The molecule has 0 unspecified atom stereocenters. The van der Waals surface area contributed by atoms with Gasteiger partial charge >= 0.3 is 0 Å². The van der Waals surface area contributed by atoms with Crippen LogP contribution in [0.3, 0.4) is 0 Å². The molecule has 0 aromatic rings. The number of hydrogen-bond acceptors (Lipinski definition) is 3. The molecule has 2 N–H and O–H groups in total. The summed E-state index contributed by atoms with van der Waals surface area (Å²) >= 11 is 0. The largest absolute Gasteiger partial charge is 0.329 e. The van der Waals surface area contributed by atoms with Crippen LogP contribution < -0.4 is 5.73 Å². The summed E-state index contributed by atoms with van der Waals surface area (Å²) in [5, 5.41) is 0. The minimum absolute atomic E-state index is 0.0000926. The third-order valence-corrected chi connectivity index (χ3v) is 3.99. The van der Waals surface area contributed by atoms with Gasteiger partial charge in [0.2, 0.25) is 10.0 Å². The van der Waals surface area contributed by atoms with Gasteiger partial charge in [0.25, 0.3) is 0 Å². The van der Waals surface area contributed by atoms with E-state index >= 15 is 0 Å². The molecule has 0 amide bonds. The first-order valence-corrected chi connectivity index (χ1v) is 6.26. The molecule has 4 nitrogen and oxygen atoms in total. The van der Waals surface area contributed by atoms with Crippen molar-refractivity contribution in [2.24, 2.45) is 5.73 Å². The van der Waals surface area contributed by atoms with Crippen LogP contribution >= 0.6 is 0 Å². The van der Waals surface area contributed by atoms with Crippen molar-refractivity contribution in [1.29, 1.82) is 0 Å². The predicted molar refractivity (Wildman–Crippen MR) is 55.0 cm³/mol. The monoisotopic (exact) mass is 208 g/mol. The third-order valence-electron chi connectivity index (χ3n) is 1.74. The molecule has 13 heavy (non-hydrogen) atoms. The highest BCUT2D eigenvalue weighted by molar-refractivity contribution is 7.89. The minimum Gasteiger partial charge on any atom is -0.329 e. The molecule has 0 aromatic heterocycles. The van der Waals surface area contributed by atoms with Gasteiger partial charge in [-0.25, -0.2) is 8.42 Å². The Bertz CT molecular complexity index is 224.